The smallest absolute Gasteiger partial charge is 0.123 e. The van der Waals surface area contributed by atoms with Crippen molar-refractivity contribution in [3.8, 4) is 5.75 Å². The number of rotatable bonds is 5. The summed E-state index contributed by atoms with van der Waals surface area (Å²) in [5, 5.41) is 4.02. The molecule has 2 rings (SSSR count). The Labute approximate surface area is 137 Å². The molecule has 0 amide bonds. The molecular formula is C16H16BrClFNO. The Morgan fingerprint density at radius 3 is 2.71 bits per heavy atom. The zero-order chi connectivity index (χ0) is 15.4. The van der Waals surface area contributed by atoms with E-state index in [0.29, 0.717) is 17.3 Å². The van der Waals surface area contributed by atoms with Crippen molar-refractivity contribution >= 4 is 27.5 Å². The van der Waals surface area contributed by atoms with Gasteiger partial charge < -0.3 is 10.1 Å². The summed E-state index contributed by atoms with van der Waals surface area (Å²) in [5.74, 6) is 0.388. The van der Waals surface area contributed by atoms with Crippen LogP contribution >= 0.6 is 27.5 Å². The Bertz CT molecular complexity index is 636. The fourth-order valence-corrected chi connectivity index (χ4v) is 2.82. The van der Waals surface area contributed by atoms with Crippen molar-refractivity contribution in [3.05, 3.63) is 62.8 Å². The first-order chi connectivity index (χ1) is 10.0. The molecule has 1 unspecified atom stereocenters. The van der Waals surface area contributed by atoms with Crippen LogP contribution in [0.2, 0.25) is 5.02 Å². The molecule has 1 N–H and O–H groups in total. The molecule has 2 aromatic carbocycles. The van der Waals surface area contributed by atoms with E-state index in [4.69, 9.17) is 16.3 Å². The Kier molecular flexibility index (Phi) is 5.62. The van der Waals surface area contributed by atoms with Crippen LogP contribution in [0.3, 0.4) is 0 Å². The van der Waals surface area contributed by atoms with Gasteiger partial charge in [-0.3, -0.25) is 0 Å². The third kappa shape index (κ3) is 4.19. The fraction of sp³-hybridized carbons (Fsp3) is 0.250. The molecule has 0 aliphatic rings. The van der Waals surface area contributed by atoms with Gasteiger partial charge in [-0.1, -0.05) is 33.6 Å². The Morgan fingerprint density at radius 2 is 2.05 bits per heavy atom. The van der Waals surface area contributed by atoms with Crippen LogP contribution in [0.15, 0.2) is 40.9 Å². The Hall–Kier alpha value is -1.10. The van der Waals surface area contributed by atoms with Crippen LogP contribution in [0.5, 0.6) is 5.75 Å². The molecule has 0 fully saturated rings. The maximum Gasteiger partial charge on any atom is 0.123 e. The molecule has 0 spiro atoms. The van der Waals surface area contributed by atoms with Gasteiger partial charge in [0.15, 0.2) is 0 Å². The second-order valence-electron chi connectivity index (χ2n) is 4.72. The van der Waals surface area contributed by atoms with Crippen LogP contribution in [0.25, 0.3) is 0 Å². The van der Waals surface area contributed by atoms with Gasteiger partial charge in [-0.2, -0.15) is 0 Å². The lowest BCUT2D eigenvalue weighted by Gasteiger charge is -2.18. The molecule has 0 bridgehead atoms. The highest BCUT2D eigenvalue weighted by Gasteiger charge is 2.13. The molecule has 0 saturated heterocycles. The van der Waals surface area contributed by atoms with Gasteiger partial charge >= 0.3 is 0 Å². The van der Waals surface area contributed by atoms with Crippen LogP contribution in [0.1, 0.15) is 24.1 Å². The Morgan fingerprint density at radius 1 is 1.29 bits per heavy atom. The van der Waals surface area contributed by atoms with Gasteiger partial charge in [-0.25, -0.2) is 4.39 Å². The number of benzene rings is 2. The highest BCUT2D eigenvalue weighted by Crippen LogP contribution is 2.27. The third-order valence-corrected chi connectivity index (χ3v) is 4.12. The highest BCUT2D eigenvalue weighted by molar-refractivity contribution is 9.10. The second kappa shape index (κ2) is 7.25. The molecule has 0 radical (unpaired) electrons. The van der Waals surface area contributed by atoms with Gasteiger partial charge in [-0.05, 0) is 42.8 Å². The molecule has 2 nitrogen and oxygen atoms in total. The molecule has 2 aromatic rings. The lowest BCUT2D eigenvalue weighted by molar-refractivity contribution is 0.399. The number of ether oxygens (including phenoxy) is 1. The first kappa shape index (κ1) is 16.3. The largest absolute Gasteiger partial charge is 0.496 e. The minimum Gasteiger partial charge on any atom is -0.496 e. The van der Waals surface area contributed by atoms with Crippen LogP contribution in [0.4, 0.5) is 4.39 Å². The maximum atomic E-state index is 13.4. The molecule has 112 valence electrons. The predicted octanol–water partition coefficient (Wildman–Crippen LogP) is 5.10. The van der Waals surface area contributed by atoms with Crippen LogP contribution in [-0.2, 0) is 6.54 Å². The van der Waals surface area contributed by atoms with E-state index in [1.54, 1.807) is 13.2 Å². The zero-order valence-corrected chi connectivity index (χ0v) is 14.1. The molecule has 0 aliphatic heterocycles. The molecular weight excluding hydrogens is 357 g/mol. The molecule has 0 saturated carbocycles. The summed E-state index contributed by atoms with van der Waals surface area (Å²) < 4.78 is 19.6. The topological polar surface area (TPSA) is 21.3 Å². The summed E-state index contributed by atoms with van der Waals surface area (Å²) in [6, 6.07) is 10.2. The predicted molar refractivity (Wildman–Crippen MR) is 87.4 cm³/mol. The summed E-state index contributed by atoms with van der Waals surface area (Å²) in [5.41, 5.74) is 1.77. The molecule has 21 heavy (non-hydrogen) atoms. The average Bonchev–Trinajstić information content (AvgIpc) is 2.46. The summed E-state index contributed by atoms with van der Waals surface area (Å²) >= 11 is 9.56. The number of halogens is 3. The van der Waals surface area contributed by atoms with Gasteiger partial charge in [0.1, 0.15) is 11.6 Å². The molecule has 1 atom stereocenters. The number of hydrogen-bond donors (Lipinski definition) is 1. The van der Waals surface area contributed by atoms with E-state index in [1.165, 1.54) is 12.1 Å². The summed E-state index contributed by atoms with van der Waals surface area (Å²) in [6.07, 6.45) is 0. The quantitative estimate of drug-likeness (QED) is 0.788. The van der Waals surface area contributed by atoms with Crippen molar-refractivity contribution in [1.29, 1.82) is 0 Å². The van der Waals surface area contributed by atoms with Crippen molar-refractivity contribution in [3.63, 3.8) is 0 Å². The van der Waals surface area contributed by atoms with Crippen molar-refractivity contribution in [2.45, 2.75) is 19.5 Å². The molecule has 0 aliphatic carbocycles. The van der Waals surface area contributed by atoms with Crippen molar-refractivity contribution in [2.24, 2.45) is 0 Å². The van der Waals surface area contributed by atoms with Crippen molar-refractivity contribution in [1.82, 2.24) is 5.32 Å². The molecule has 0 heterocycles. The molecule has 0 aromatic heterocycles. The first-order valence-corrected chi connectivity index (χ1v) is 7.69. The molecule has 5 heteroatoms. The standard InChI is InChI=1S/C16H16BrClFNO/c1-10(14-8-13(19)5-6-16(14)21-2)20-9-11-3-4-12(17)7-15(11)18/h3-8,10,20H,9H2,1-2H3. The fourth-order valence-electron chi connectivity index (χ4n) is 2.08. The van der Waals surface area contributed by atoms with Crippen LogP contribution < -0.4 is 10.1 Å². The number of nitrogens with one attached hydrogen (secondary N) is 1. The lowest BCUT2D eigenvalue weighted by atomic mass is 10.1. The van der Waals surface area contributed by atoms with Gasteiger partial charge in [0.25, 0.3) is 0 Å². The van der Waals surface area contributed by atoms with Crippen molar-refractivity contribution < 1.29 is 9.13 Å². The summed E-state index contributed by atoms with van der Waals surface area (Å²) in [6.45, 7) is 2.55. The third-order valence-electron chi connectivity index (χ3n) is 3.27. The number of methoxy groups -OCH3 is 1. The van der Waals surface area contributed by atoms with Crippen LogP contribution in [-0.4, -0.2) is 7.11 Å². The van der Waals surface area contributed by atoms with E-state index < -0.39 is 0 Å². The maximum absolute atomic E-state index is 13.4. The normalized spacial score (nSPS) is 12.2. The van der Waals surface area contributed by atoms with E-state index in [-0.39, 0.29) is 11.9 Å². The summed E-state index contributed by atoms with van der Waals surface area (Å²) in [7, 11) is 1.58. The minimum absolute atomic E-state index is 0.0598. The highest BCUT2D eigenvalue weighted by atomic mass is 79.9. The second-order valence-corrected chi connectivity index (χ2v) is 6.05. The van der Waals surface area contributed by atoms with E-state index in [2.05, 4.69) is 21.2 Å². The van der Waals surface area contributed by atoms with E-state index >= 15 is 0 Å². The Balaban J connectivity index is 2.11. The van der Waals surface area contributed by atoms with E-state index in [9.17, 15) is 4.39 Å². The monoisotopic (exact) mass is 371 g/mol. The number of hydrogen-bond acceptors (Lipinski definition) is 2. The van der Waals surface area contributed by atoms with Gasteiger partial charge in [0, 0.05) is 27.6 Å². The minimum atomic E-state index is -0.277. The van der Waals surface area contributed by atoms with Crippen LogP contribution in [0, 0.1) is 5.82 Å². The SMILES string of the molecule is COc1ccc(F)cc1C(C)NCc1ccc(Br)cc1Cl. The van der Waals surface area contributed by atoms with Gasteiger partial charge in [0.05, 0.1) is 7.11 Å². The van der Waals surface area contributed by atoms with E-state index in [1.807, 2.05) is 25.1 Å². The van der Waals surface area contributed by atoms with Crippen molar-refractivity contribution in [2.75, 3.05) is 7.11 Å². The lowest BCUT2D eigenvalue weighted by Crippen LogP contribution is -2.19. The zero-order valence-electron chi connectivity index (χ0n) is 11.8. The van der Waals surface area contributed by atoms with E-state index in [0.717, 1.165) is 15.6 Å². The average molecular weight is 373 g/mol. The van der Waals surface area contributed by atoms with Gasteiger partial charge in [0.2, 0.25) is 0 Å². The summed E-state index contributed by atoms with van der Waals surface area (Å²) in [4.78, 5) is 0. The van der Waals surface area contributed by atoms with Gasteiger partial charge in [-0.15, -0.1) is 0 Å². The first-order valence-electron chi connectivity index (χ1n) is 6.52.